The molecule has 2 aromatic rings. The molecule has 2 aromatic carbocycles. The average molecular weight is 291 g/mol. The molecule has 0 bridgehead atoms. The van der Waals surface area contributed by atoms with Gasteiger partial charge in [-0.3, -0.25) is 4.79 Å². The number of rotatable bonds is 5. The van der Waals surface area contributed by atoms with Gasteiger partial charge in [0.05, 0.1) is 13.5 Å². The first-order valence-corrected chi connectivity index (χ1v) is 6.59. The molecule has 0 heterocycles. The Morgan fingerprint density at radius 2 is 1.90 bits per heavy atom. The van der Waals surface area contributed by atoms with Crippen molar-refractivity contribution in [3.05, 3.63) is 64.7 Å². The molecule has 0 aliphatic heterocycles. The molecule has 0 atom stereocenters. The number of carbonyl (C=O) groups is 1. The van der Waals surface area contributed by atoms with Gasteiger partial charge in [0, 0.05) is 10.6 Å². The van der Waals surface area contributed by atoms with E-state index in [1.54, 1.807) is 18.2 Å². The van der Waals surface area contributed by atoms with Crippen LogP contribution in [0.1, 0.15) is 11.1 Å². The van der Waals surface area contributed by atoms with Crippen LogP contribution in [0.2, 0.25) is 5.02 Å². The second-order valence-corrected chi connectivity index (χ2v) is 4.72. The van der Waals surface area contributed by atoms with E-state index in [9.17, 15) is 4.79 Å². The first-order chi connectivity index (χ1) is 9.69. The molecule has 0 amide bonds. The Balaban J connectivity index is 2.13. The van der Waals surface area contributed by atoms with Gasteiger partial charge in [0.1, 0.15) is 12.4 Å². The first-order valence-electron chi connectivity index (χ1n) is 6.21. The highest BCUT2D eigenvalue weighted by Crippen LogP contribution is 2.25. The third-order valence-corrected chi connectivity index (χ3v) is 3.06. The van der Waals surface area contributed by atoms with E-state index < -0.39 is 0 Å². The van der Waals surface area contributed by atoms with Crippen LogP contribution >= 0.6 is 11.6 Å². The minimum Gasteiger partial charge on any atom is -0.489 e. The summed E-state index contributed by atoms with van der Waals surface area (Å²) in [5.74, 6) is 0.295. The fourth-order valence-corrected chi connectivity index (χ4v) is 1.93. The van der Waals surface area contributed by atoms with Crippen LogP contribution in [0.3, 0.4) is 0 Å². The summed E-state index contributed by atoms with van der Waals surface area (Å²) in [5.41, 5.74) is 1.81. The van der Waals surface area contributed by atoms with E-state index in [2.05, 4.69) is 4.74 Å². The Labute approximate surface area is 123 Å². The standard InChI is InChI=1S/C16H15ClO3/c1-19-16(18)9-13-7-8-14(17)10-15(13)20-11-12-5-3-2-4-6-12/h2-8,10H,9,11H2,1H3. The molecule has 104 valence electrons. The molecule has 0 unspecified atom stereocenters. The van der Waals surface area contributed by atoms with Gasteiger partial charge in [0.25, 0.3) is 0 Å². The average Bonchev–Trinajstić information content (AvgIpc) is 2.48. The van der Waals surface area contributed by atoms with Gasteiger partial charge in [0.2, 0.25) is 0 Å². The third-order valence-electron chi connectivity index (χ3n) is 2.83. The molecule has 0 saturated carbocycles. The lowest BCUT2D eigenvalue weighted by molar-refractivity contribution is -0.139. The Morgan fingerprint density at radius 3 is 2.60 bits per heavy atom. The fourth-order valence-electron chi connectivity index (χ4n) is 1.77. The highest BCUT2D eigenvalue weighted by atomic mass is 35.5. The predicted molar refractivity (Wildman–Crippen MR) is 77.9 cm³/mol. The van der Waals surface area contributed by atoms with Crippen LogP contribution in [0, 0.1) is 0 Å². The van der Waals surface area contributed by atoms with Crippen molar-refractivity contribution >= 4 is 17.6 Å². The molecule has 2 rings (SSSR count). The summed E-state index contributed by atoms with van der Waals surface area (Å²) in [6.07, 6.45) is 0.164. The van der Waals surface area contributed by atoms with Gasteiger partial charge in [0.15, 0.2) is 0 Å². The van der Waals surface area contributed by atoms with Crippen molar-refractivity contribution in [3.8, 4) is 5.75 Å². The third kappa shape index (κ3) is 4.00. The molecule has 0 radical (unpaired) electrons. The molecule has 0 spiro atoms. The van der Waals surface area contributed by atoms with E-state index in [0.717, 1.165) is 11.1 Å². The van der Waals surface area contributed by atoms with Gasteiger partial charge in [-0.15, -0.1) is 0 Å². The molecular weight excluding hydrogens is 276 g/mol. The van der Waals surface area contributed by atoms with E-state index in [4.69, 9.17) is 16.3 Å². The molecule has 20 heavy (non-hydrogen) atoms. The van der Waals surface area contributed by atoms with Crippen LogP contribution < -0.4 is 4.74 Å². The molecule has 0 fully saturated rings. The molecular formula is C16H15ClO3. The number of ether oxygens (including phenoxy) is 2. The van der Waals surface area contributed by atoms with Crippen molar-refractivity contribution in [1.82, 2.24) is 0 Å². The number of halogens is 1. The molecule has 3 nitrogen and oxygen atoms in total. The minimum absolute atomic E-state index is 0.164. The number of hydrogen-bond donors (Lipinski definition) is 0. The van der Waals surface area contributed by atoms with Gasteiger partial charge >= 0.3 is 5.97 Å². The minimum atomic E-state index is -0.308. The van der Waals surface area contributed by atoms with Crippen molar-refractivity contribution in [2.24, 2.45) is 0 Å². The summed E-state index contributed by atoms with van der Waals surface area (Å²) in [7, 11) is 1.36. The van der Waals surface area contributed by atoms with Crippen LogP contribution in [0.4, 0.5) is 0 Å². The lowest BCUT2D eigenvalue weighted by atomic mass is 10.1. The second-order valence-electron chi connectivity index (χ2n) is 4.28. The van der Waals surface area contributed by atoms with Gasteiger partial charge in [-0.2, -0.15) is 0 Å². The second kappa shape index (κ2) is 6.96. The van der Waals surface area contributed by atoms with Gasteiger partial charge in [-0.1, -0.05) is 48.0 Å². The largest absolute Gasteiger partial charge is 0.489 e. The monoisotopic (exact) mass is 290 g/mol. The lowest BCUT2D eigenvalue weighted by Crippen LogP contribution is -2.07. The van der Waals surface area contributed by atoms with Crippen LogP contribution in [0.5, 0.6) is 5.75 Å². The van der Waals surface area contributed by atoms with Crippen molar-refractivity contribution in [2.45, 2.75) is 13.0 Å². The van der Waals surface area contributed by atoms with E-state index >= 15 is 0 Å². The molecule has 0 aliphatic carbocycles. The summed E-state index contributed by atoms with van der Waals surface area (Å²) < 4.78 is 10.4. The SMILES string of the molecule is COC(=O)Cc1ccc(Cl)cc1OCc1ccccc1. The molecule has 0 aromatic heterocycles. The van der Waals surface area contributed by atoms with Crippen LogP contribution in [0.25, 0.3) is 0 Å². The van der Waals surface area contributed by atoms with Crippen LogP contribution in [-0.2, 0) is 22.6 Å². The summed E-state index contributed by atoms with van der Waals surface area (Å²) in [4.78, 5) is 11.4. The fraction of sp³-hybridized carbons (Fsp3) is 0.188. The zero-order valence-corrected chi connectivity index (χ0v) is 11.9. The van der Waals surface area contributed by atoms with E-state index in [1.165, 1.54) is 7.11 Å². The molecule has 0 saturated heterocycles. The maximum Gasteiger partial charge on any atom is 0.310 e. The number of methoxy groups -OCH3 is 1. The van der Waals surface area contributed by atoms with Crippen LogP contribution in [-0.4, -0.2) is 13.1 Å². The summed E-state index contributed by atoms with van der Waals surface area (Å²) in [6.45, 7) is 0.426. The van der Waals surface area contributed by atoms with Gasteiger partial charge in [-0.05, 0) is 17.7 Å². The lowest BCUT2D eigenvalue weighted by Gasteiger charge is -2.11. The first kappa shape index (κ1) is 14.4. The van der Waals surface area contributed by atoms with Crippen molar-refractivity contribution in [1.29, 1.82) is 0 Å². The quantitative estimate of drug-likeness (QED) is 0.789. The molecule has 0 N–H and O–H groups in total. The molecule has 4 heteroatoms. The van der Waals surface area contributed by atoms with E-state index in [1.807, 2.05) is 30.3 Å². The number of hydrogen-bond acceptors (Lipinski definition) is 3. The zero-order chi connectivity index (χ0) is 14.4. The maximum atomic E-state index is 11.4. The smallest absolute Gasteiger partial charge is 0.310 e. The maximum absolute atomic E-state index is 11.4. The van der Waals surface area contributed by atoms with Crippen molar-refractivity contribution in [2.75, 3.05) is 7.11 Å². The number of carbonyl (C=O) groups excluding carboxylic acids is 1. The Hall–Kier alpha value is -2.00. The molecule has 0 aliphatic rings. The summed E-state index contributed by atoms with van der Waals surface area (Å²) >= 11 is 5.97. The van der Waals surface area contributed by atoms with Crippen LogP contribution in [0.15, 0.2) is 48.5 Å². The summed E-state index contributed by atoms with van der Waals surface area (Å²) in [6, 6.07) is 15.0. The summed E-state index contributed by atoms with van der Waals surface area (Å²) in [5, 5.41) is 0.571. The Morgan fingerprint density at radius 1 is 1.15 bits per heavy atom. The normalized spacial score (nSPS) is 10.1. The Bertz CT molecular complexity index is 582. The van der Waals surface area contributed by atoms with Gasteiger partial charge < -0.3 is 9.47 Å². The van der Waals surface area contributed by atoms with Crippen molar-refractivity contribution in [3.63, 3.8) is 0 Å². The van der Waals surface area contributed by atoms with E-state index in [-0.39, 0.29) is 12.4 Å². The number of benzene rings is 2. The van der Waals surface area contributed by atoms with Gasteiger partial charge in [-0.25, -0.2) is 0 Å². The number of esters is 1. The van der Waals surface area contributed by atoms with E-state index in [0.29, 0.717) is 17.4 Å². The topological polar surface area (TPSA) is 35.5 Å². The zero-order valence-electron chi connectivity index (χ0n) is 11.1. The Kier molecular flexibility index (Phi) is 5.02. The predicted octanol–water partition coefficient (Wildman–Crippen LogP) is 3.63. The highest BCUT2D eigenvalue weighted by molar-refractivity contribution is 6.30. The highest BCUT2D eigenvalue weighted by Gasteiger charge is 2.10. The van der Waals surface area contributed by atoms with Crippen molar-refractivity contribution < 1.29 is 14.3 Å².